The summed E-state index contributed by atoms with van der Waals surface area (Å²) in [6, 6.07) is 22.1. The number of rotatable bonds is 7. The Labute approximate surface area is 187 Å². The second-order valence-electron chi connectivity index (χ2n) is 7.95. The van der Waals surface area contributed by atoms with Crippen molar-refractivity contribution in [1.82, 2.24) is 15.5 Å². The van der Waals surface area contributed by atoms with Crippen LogP contribution in [0, 0.1) is 0 Å². The monoisotopic (exact) mass is 429 g/mol. The first-order chi connectivity index (χ1) is 15.6. The predicted molar refractivity (Wildman–Crippen MR) is 124 cm³/mol. The zero-order valence-corrected chi connectivity index (χ0v) is 17.9. The van der Waals surface area contributed by atoms with Gasteiger partial charge < -0.3 is 15.5 Å². The number of nitrogens with one attached hydrogen (secondary N) is 2. The first-order valence-corrected chi connectivity index (χ1v) is 11.0. The Bertz CT molecular complexity index is 1110. The number of hydrogen-bond acceptors (Lipinski definition) is 3. The maximum absolute atomic E-state index is 13.3. The molecule has 1 atom stereocenters. The third-order valence-corrected chi connectivity index (χ3v) is 5.81. The van der Waals surface area contributed by atoms with Gasteiger partial charge in [0.05, 0.1) is 0 Å². The van der Waals surface area contributed by atoms with Crippen LogP contribution in [-0.2, 0) is 4.79 Å². The molecule has 0 spiro atoms. The van der Waals surface area contributed by atoms with E-state index < -0.39 is 6.04 Å². The van der Waals surface area contributed by atoms with E-state index in [9.17, 15) is 14.4 Å². The fourth-order valence-electron chi connectivity index (χ4n) is 4.16. The van der Waals surface area contributed by atoms with Gasteiger partial charge in [0.15, 0.2) is 0 Å². The van der Waals surface area contributed by atoms with Crippen molar-refractivity contribution < 1.29 is 14.4 Å². The number of hydrogen-bond donors (Lipinski definition) is 2. The molecule has 1 aliphatic rings. The van der Waals surface area contributed by atoms with E-state index in [-0.39, 0.29) is 17.7 Å². The molecule has 0 radical (unpaired) electrons. The third kappa shape index (κ3) is 4.80. The van der Waals surface area contributed by atoms with E-state index in [1.807, 2.05) is 60.7 Å². The van der Waals surface area contributed by atoms with Gasteiger partial charge in [-0.15, -0.1) is 0 Å². The highest BCUT2D eigenvalue weighted by Crippen LogP contribution is 2.25. The Balaban J connectivity index is 1.30. The Morgan fingerprint density at radius 2 is 1.56 bits per heavy atom. The minimum atomic E-state index is -0.458. The summed E-state index contributed by atoms with van der Waals surface area (Å²) in [5.41, 5.74) is 1.25. The van der Waals surface area contributed by atoms with Gasteiger partial charge in [0, 0.05) is 30.8 Å². The number of carbonyl (C=O) groups is 3. The van der Waals surface area contributed by atoms with Crippen LogP contribution in [0.4, 0.5) is 0 Å². The summed E-state index contributed by atoms with van der Waals surface area (Å²) in [7, 11) is 0. The Morgan fingerprint density at radius 3 is 2.41 bits per heavy atom. The molecule has 1 aliphatic heterocycles. The molecule has 0 bridgehead atoms. The highest BCUT2D eigenvalue weighted by Gasteiger charge is 2.34. The first kappa shape index (κ1) is 21.6. The normalized spacial score (nSPS) is 15.5. The fourth-order valence-corrected chi connectivity index (χ4v) is 4.16. The number of likely N-dealkylation sites (tertiary alicyclic amines) is 1. The number of amides is 3. The average Bonchev–Trinajstić information content (AvgIpc) is 3.33. The molecule has 0 saturated carbocycles. The maximum Gasteiger partial charge on any atom is 0.255 e. The van der Waals surface area contributed by atoms with Crippen molar-refractivity contribution in [2.24, 2.45) is 0 Å². The maximum atomic E-state index is 13.3. The molecule has 32 heavy (non-hydrogen) atoms. The minimum Gasteiger partial charge on any atom is -0.354 e. The largest absolute Gasteiger partial charge is 0.354 e. The first-order valence-electron chi connectivity index (χ1n) is 11.0. The second kappa shape index (κ2) is 10.1. The van der Waals surface area contributed by atoms with Gasteiger partial charge in [0.1, 0.15) is 6.04 Å². The van der Waals surface area contributed by atoms with E-state index in [2.05, 4.69) is 10.6 Å². The molecule has 1 heterocycles. The Hall–Kier alpha value is -3.67. The van der Waals surface area contributed by atoms with Gasteiger partial charge >= 0.3 is 0 Å². The summed E-state index contributed by atoms with van der Waals surface area (Å²) in [6.45, 7) is 1.49. The standard InChI is InChI=1S/C26H27N3O3/c30-24(20-10-2-1-3-11-20)27-16-8-17-28-25(31)23-15-7-18-29(23)26(32)22-14-6-12-19-9-4-5-13-21(19)22/h1-6,9-14,23H,7-8,15-18H2,(H,27,30)(H,28,31)/t23-/m0/s1. The Kier molecular flexibility index (Phi) is 6.80. The topological polar surface area (TPSA) is 78.5 Å². The Morgan fingerprint density at radius 1 is 0.844 bits per heavy atom. The predicted octanol–water partition coefficient (Wildman–Crippen LogP) is 3.38. The minimum absolute atomic E-state index is 0.102. The van der Waals surface area contributed by atoms with Crippen molar-refractivity contribution in [3.05, 3.63) is 83.9 Å². The van der Waals surface area contributed by atoms with Gasteiger partial charge in [-0.05, 0) is 48.2 Å². The van der Waals surface area contributed by atoms with E-state index in [4.69, 9.17) is 0 Å². The quantitative estimate of drug-likeness (QED) is 0.565. The van der Waals surface area contributed by atoms with Crippen molar-refractivity contribution >= 4 is 28.5 Å². The van der Waals surface area contributed by atoms with Crippen molar-refractivity contribution in [3.63, 3.8) is 0 Å². The summed E-state index contributed by atoms with van der Waals surface area (Å²) in [5.74, 6) is -0.361. The summed E-state index contributed by atoms with van der Waals surface area (Å²) in [4.78, 5) is 39.8. The molecular formula is C26H27N3O3. The number of fused-ring (bicyclic) bond motifs is 1. The molecule has 2 N–H and O–H groups in total. The van der Waals surface area contributed by atoms with Crippen LogP contribution in [0.15, 0.2) is 72.8 Å². The van der Waals surface area contributed by atoms with Gasteiger partial charge in [0.25, 0.3) is 11.8 Å². The van der Waals surface area contributed by atoms with Crippen LogP contribution < -0.4 is 10.6 Å². The molecule has 6 nitrogen and oxygen atoms in total. The molecule has 0 aromatic heterocycles. The van der Waals surface area contributed by atoms with E-state index in [0.29, 0.717) is 43.6 Å². The number of carbonyl (C=O) groups excluding carboxylic acids is 3. The summed E-state index contributed by atoms with van der Waals surface area (Å²) in [5, 5.41) is 7.69. The molecule has 3 aromatic rings. The smallest absolute Gasteiger partial charge is 0.255 e. The van der Waals surface area contributed by atoms with Crippen molar-refractivity contribution in [2.45, 2.75) is 25.3 Å². The van der Waals surface area contributed by atoms with Crippen LogP contribution in [0.3, 0.4) is 0 Å². The van der Waals surface area contributed by atoms with Gasteiger partial charge in [-0.25, -0.2) is 0 Å². The summed E-state index contributed by atoms with van der Waals surface area (Å²) in [6.07, 6.45) is 2.09. The third-order valence-electron chi connectivity index (χ3n) is 5.81. The SMILES string of the molecule is O=C(NCCCNC(=O)[C@@H]1CCCN1C(=O)c1cccc2ccccc12)c1ccccc1. The van der Waals surface area contributed by atoms with E-state index in [1.165, 1.54) is 0 Å². The lowest BCUT2D eigenvalue weighted by Crippen LogP contribution is -2.46. The molecular weight excluding hydrogens is 402 g/mol. The zero-order valence-electron chi connectivity index (χ0n) is 17.9. The summed E-state index contributed by atoms with van der Waals surface area (Å²) < 4.78 is 0. The van der Waals surface area contributed by atoms with Crippen LogP contribution in [0.5, 0.6) is 0 Å². The van der Waals surface area contributed by atoms with E-state index in [1.54, 1.807) is 17.0 Å². The molecule has 3 aromatic carbocycles. The lowest BCUT2D eigenvalue weighted by atomic mass is 10.0. The van der Waals surface area contributed by atoms with Crippen molar-refractivity contribution in [1.29, 1.82) is 0 Å². The fraction of sp³-hybridized carbons (Fsp3) is 0.269. The van der Waals surface area contributed by atoms with Crippen molar-refractivity contribution in [3.8, 4) is 0 Å². The van der Waals surface area contributed by atoms with Crippen LogP contribution in [-0.4, -0.2) is 48.3 Å². The van der Waals surface area contributed by atoms with E-state index >= 15 is 0 Å². The van der Waals surface area contributed by atoms with E-state index in [0.717, 1.165) is 17.2 Å². The molecule has 6 heteroatoms. The van der Waals surface area contributed by atoms with Crippen LogP contribution >= 0.6 is 0 Å². The molecule has 0 unspecified atom stereocenters. The van der Waals surface area contributed by atoms with Crippen LogP contribution in [0.2, 0.25) is 0 Å². The molecule has 1 fully saturated rings. The number of nitrogens with zero attached hydrogens (tertiary/aromatic N) is 1. The van der Waals surface area contributed by atoms with Crippen molar-refractivity contribution in [2.75, 3.05) is 19.6 Å². The number of benzene rings is 3. The molecule has 3 amide bonds. The molecule has 0 aliphatic carbocycles. The highest BCUT2D eigenvalue weighted by atomic mass is 16.2. The molecule has 164 valence electrons. The lowest BCUT2D eigenvalue weighted by molar-refractivity contribution is -0.124. The van der Waals surface area contributed by atoms with Crippen LogP contribution in [0.25, 0.3) is 10.8 Å². The second-order valence-corrected chi connectivity index (χ2v) is 7.95. The van der Waals surface area contributed by atoms with Gasteiger partial charge in [-0.2, -0.15) is 0 Å². The zero-order chi connectivity index (χ0) is 22.3. The van der Waals surface area contributed by atoms with Gasteiger partial charge in [0.2, 0.25) is 5.91 Å². The van der Waals surface area contributed by atoms with Gasteiger partial charge in [-0.3, -0.25) is 14.4 Å². The highest BCUT2D eigenvalue weighted by molar-refractivity contribution is 6.08. The average molecular weight is 430 g/mol. The molecule has 4 rings (SSSR count). The van der Waals surface area contributed by atoms with Crippen LogP contribution in [0.1, 0.15) is 40.0 Å². The lowest BCUT2D eigenvalue weighted by Gasteiger charge is -2.24. The molecule has 1 saturated heterocycles. The van der Waals surface area contributed by atoms with Gasteiger partial charge in [-0.1, -0.05) is 54.6 Å². The summed E-state index contributed by atoms with van der Waals surface area (Å²) >= 11 is 0.